The Morgan fingerprint density at radius 3 is 2.30 bits per heavy atom. The van der Waals surface area contributed by atoms with E-state index in [1.54, 1.807) is 0 Å². The molecule has 148 valence electrons. The second kappa shape index (κ2) is 7.08. The van der Waals surface area contributed by atoms with Crippen LogP contribution in [0.4, 0.5) is 26.3 Å². The van der Waals surface area contributed by atoms with Crippen molar-refractivity contribution in [3.8, 4) is 0 Å². The number of halogens is 6. The molecule has 6 nitrogen and oxygen atoms in total. The highest BCUT2D eigenvalue weighted by Crippen LogP contribution is 2.40. The van der Waals surface area contributed by atoms with E-state index in [0.29, 0.717) is 17.0 Å². The van der Waals surface area contributed by atoms with Gasteiger partial charge in [-0.25, -0.2) is 0 Å². The predicted octanol–water partition coefficient (Wildman–Crippen LogP) is 2.34. The van der Waals surface area contributed by atoms with Crippen LogP contribution in [0.5, 0.6) is 0 Å². The maximum Gasteiger partial charge on any atom is 0.416 e. The first-order chi connectivity index (χ1) is 12.3. The van der Waals surface area contributed by atoms with Gasteiger partial charge >= 0.3 is 12.4 Å². The Bertz CT molecular complexity index is 783. The molecule has 0 saturated carbocycles. The average Bonchev–Trinajstić information content (AvgIpc) is 2.75. The zero-order valence-electron chi connectivity index (χ0n) is 13.6. The highest BCUT2D eigenvalue weighted by Gasteiger charge is 2.42. The van der Waals surface area contributed by atoms with Gasteiger partial charge in [0.15, 0.2) is 5.96 Å². The standard InChI is InChI=1S/C15H14F6N4O2/c16-14(17,18)3-4-25-10(6-11(26)24-13(22)23)9-5-7(15(19,20)21)1-2-8(9)12(25)27/h1-2,5,10H,3-4,6H2,(H4,22,23,24,26)/t10-/m0/s1. The van der Waals surface area contributed by atoms with Crippen molar-refractivity contribution in [2.45, 2.75) is 31.2 Å². The van der Waals surface area contributed by atoms with Gasteiger partial charge in [0.2, 0.25) is 0 Å². The molecule has 2 rings (SSSR count). The molecule has 0 aromatic heterocycles. The summed E-state index contributed by atoms with van der Waals surface area (Å²) in [6.07, 6.45) is -11.4. The molecule has 4 N–H and O–H groups in total. The van der Waals surface area contributed by atoms with Crippen LogP contribution in [0.3, 0.4) is 0 Å². The van der Waals surface area contributed by atoms with Crippen molar-refractivity contribution in [3.05, 3.63) is 34.9 Å². The molecule has 2 amide bonds. The summed E-state index contributed by atoms with van der Waals surface area (Å²) in [4.78, 5) is 28.1. The first kappa shape index (κ1) is 20.5. The van der Waals surface area contributed by atoms with Gasteiger partial charge in [-0.15, -0.1) is 0 Å². The molecule has 0 unspecified atom stereocenters. The van der Waals surface area contributed by atoms with E-state index in [1.807, 2.05) is 0 Å². The number of benzene rings is 1. The third-order valence-electron chi connectivity index (χ3n) is 3.86. The van der Waals surface area contributed by atoms with Crippen molar-refractivity contribution in [2.24, 2.45) is 16.5 Å². The van der Waals surface area contributed by atoms with Crippen LogP contribution in [0.2, 0.25) is 0 Å². The summed E-state index contributed by atoms with van der Waals surface area (Å²) in [6, 6.07) is 0.840. The number of hydrogen-bond donors (Lipinski definition) is 2. The van der Waals surface area contributed by atoms with Crippen molar-refractivity contribution in [1.29, 1.82) is 0 Å². The maximum absolute atomic E-state index is 12.9. The molecule has 0 bridgehead atoms. The second-order valence-corrected chi connectivity index (χ2v) is 5.81. The summed E-state index contributed by atoms with van der Waals surface area (Å²) in [6.45, 7) is -0.821. The summed E-state index contributed by atoms with van der Waals surface area (Å²) < 4.78 is 76.5. The average molecular weight is 396 g/mol. The minimum absolute atomic E-state index is 0.198. The topological polar surface area (TPSA) is 102 Å². The fourth-order valence-electron chi connectivity index (χ4n) is 2.75. The van der Waals surface area contributed by atoms with Crippen LogP contribution in [0.1, 0.15) is 40.4 Å². The fraction of sp³-hybridized carbons (Fsp3) is 0.400. The van der Waals surface area contributed by atoms with Gasteiger partial charge in [-0.2, -0.15) is 31.3 Å². The van der Waals surface area contributed by atoms with Gasteiger partial charge in [-0.3, -0.25) is 9.59 Å². The third-order valence-corrected chi connectivity index (χ3v) is 3.86. The number of guanidine groups is 1. The smallest absolute Gasteiger partial charge is 0.370 e. The van der Waals surface area contributed by atoms with Crippen LogP contribution in [0.25, 0.3) is 0 Å². The number of fused-ring (bicyclic) bond motifs is 1. The van der Waals surface area contributed by atoms with Gasteiger partial charge in [-0.1, -0.05) is 0 Å². The van der Waals surface area contributed by atoms with Crippen molar-refractivity contribution >= 4 is 17.8 Å². The number of rotatable bonds is 4. The van der Waals surface area contributed by atoms with Crippen molar-refractivity contribution < 1.29 is 35.9 Å². The lowest BCUT2D eigenvalue weighted by molar-refractivity contribution is -0.138. The lowest BCUT2D eigenvalue weighted by Gasteiger charge is -2.25. The van der Waals surface area contributed by atoms with Crippen molar-refractivity contribution in [3.63, 3.8) is 0 Å². The molecule has 0 saturated heterocycles. The molecule has 1 aromatic rings. The van der Waals surface area contributed by atoms with E-state index in [2.05, 4.69) is 4.99 Å². The fourth-order valence-corrected chi connectivity index (χ4v) is 2.75. The Labute approximate surface area is 148 Å². The Morgan fingerprint density at radius 1 is 1.15 bits per heavy atom. The van der Waals surface area contributed by atoms with E-state index in [0.717, 1.165) is 6.07 Å². The number of amides is 2. The molecule has 0 fully saturated rings. The molecule has 1 atom stereocenters. The first-order valence-electron chi connectivity index (χ1n) is 7.51. The van der Waals surface area contributed by atoms with E-state index in [1.165, 1.54) is 0 Å². The number of carbonyl (C=O) groups excluding carboxylic acids is 2. The summed E-state index contributed by atoms with van der Waals surface area (Å²) >= 11 is 0. The number of nitrogens with zero attached hydrogens (tertiary/aromatic N) is 2. The monoisotopic (exact) mass is 396 g/mol. The third kappa shape index (κ3) is 4.89. The number of alkyl halides is 6. The summed E-state index contributed by atoms with van der Waals surface area (Å²) in [5.41, 5.74) is 8.61. The van der Waals surface area contributed by atoms with Crippen LogP contribution in [0, 0.1) is 0 Å². The van der Waals surface area contributed by atoms with Crippen molar-refractivity contribution in [2.75, 3.05) is 6.54 Å². The minimum Gasteiger partial charge on any atom is -0.370 e. The molecule has 1 aliphatic heterocycles. The van der Waals surface area contributed by atoms with Crippen LogP contribution in [-0.4, -0.2) is 35.4 Å². The molecule has 1 heterocycles. The van der Waals surface area contributed by atoms with E-state index in [4.69, 9.17) is 11.5 Å². The molecular formula is C15H14F6N4O2. The second-order valence-electron chi connectivity index (χ2n) is 5.81. The SMILES string of the molecule is NC(N)=NC(=O)C[C@H]1c2cc(C(F)(F)F)ccc2C(=O)N1CCC(F)(F)F. The van der Waals surface area contributed by atoms with E-state index >= 15 is 0 Å². The van der Waals surface area contributed by atoms with Crippen LogP contribution in [0.15, 0.2) is 23.2 Å². The Morgan fingerprint density at radius 2 is 1.78 bits per heavy atom. The molecule has 0 spiro atoms. The molecular weight excluding hydrogens is 382 g/mol. The lowest BCUT2D eigenvalue weighted by atomic mass is 9.99. The maximum atomic E-state index is 12.9. The Balaban J connectivity index is 2.43. The quantitative estimate of drug-likeness (QED) is 0.463. The molecule has 1 aliphatic rings. The van der Waals surface area contributed by atoms with Gasteiger partial charge in [0, 0.05) is 12.1 Å². The number of aliphatic imine (C=N–C) groups is 1. The van der Waals surface area contributed by atoms with E-state index < -0.39 is 61.1 Å². The first-order valence-corrected chi connectivity index (χ1v) is 7.51. The van der Waals surface area contributed by atoms with Crippen LogP contribution in [-0.2, 0) is 11.0 Å². The normalized spacial score (nSPS) is 17.0. The van der Waals surface area contributed by atoms with Gasteiger partial charge in [-0.05, 0) is 23.8 Å². The van der Waals surface area contributed by atoms with Gasteiger partial charge < -0.3 is 16.4 Å². The minimum atomic E-state index is -4.73. The van der Waals surface area contributed by atoms with E-state index in [9.17, 15) is 35.9 Å². The van der Waals surface area contributed by atoms with Gasteiger partial charge in [0.1, 0.15) is 0 Å². The number of carbonyl (C=O) groups is 2. The molecule has 0 aliphatic carbocycles. The molecule has 1 aromatic carbocycles. The molecule has 0 radical (unpaired) electrons. The van der Waals surface area contributed by atoms with Gasteiger partial charge in [0.25, 0.3) is 11.8 Å². The molecule has 12 heteroatoms. The van der Waals surface area contributed by atoms with Crippen LogP contribution < -0.4 is 11.5 Å². The predicted molar refractivity (Wildman–Crippen MR) is 81.3 cm³/mol. The van der Waals surface area contributed by atoms with Gasteiger partial charge in [0.05, 0.1) is 24.4 Å². The lowest BCUT2D eigenvalue weighted by Crippen LogP contribution is -2.33. The zero-order chi connectivity index (χ0) is 20.6. The number of nitrogens with two attached hydrogens (primary N) is 2. The zero-order valence-corrected chi connectivity index (χ0v) is 13.6. The van der Waals surface area contributed by atoms with E-state index in [-0.39, 0.29) is 11.1 Å². The highest BCUT2D eigenvalue weighted by molar-refractivity contribution is 6.00. The Kier molecular flexibility index (Phi) is 5.38. The molecule has 27 heavy (non-hydrogen) atoms. The van der Waals surface area contributed by atoms with Crippen molar-refractivity contribution in [1.82, 2.24) is 4.90 Å². The summed E-state index contributed by atoms with van der Waals surface area (Å²) in [7, 11) is 0. The van der Waals surface area contributed by atoms with Crippen LogP contribution >= 0.6 is 0 Å². The largest absolute Gasteiger partial charge is 0.416 e. The highest BCUT2D eigenvalue weighted by atomic mass is 19.4. The summed E-state index contributed by atoms with van der Waals surface area (Å²) in [5.74, 6) is -2.49. The Hall–Kier alpha value is -2.79. The number of hydrogen-bond acceptors (Lipinski definition) is 2. The summed E-state index contributed by atoms with van der Waals surface area (Å²) in [5, 5.41) is 0.